The number of carbonyl (C=O) groups is 1. The Morgan fingerprint density at radius 1 is 1.38 bits per heavy atom. The molecule has 1 aromatic carbocycles. The minimum Gasteiger partial charge on any atom is -0.377 e. The predicted molar refractivity (Wildman–Crippen MR) is 84.8 cm³/mol. The van der Waals surface area contributed by atoms with Gasteiger partial charge in [-0.2, -0.15) is 0 Å². The fourth-order valence-corrected chi connectivity index (χ4v) is 3.79. The molecule has 0 saturated carbocycles. The average Bonchev–Trinajstić information content (AvgIpc) is 2.47. The second kappa shape index (κ2) is 7.71. The van der Waals surface area contributed by atoms with Crippen molar-refractivity contribution in [1.29, 1.82) is 0 Å². The van der Waals surface area contributed by atoms with Crippen LogP contribution in [0, 0.1) is 0 Å². The van der Waals surface area contributed by atoms with Gasteiger partial charge in [-0.1, -0.05) is 12.1 Å². The summed E-state index contributed by atoms with van der Waals surface area (Å²) >= 11 is 0. The number of ether oxygens (including phenoxy) is 1. The lowest BCUT2D eigenvalue weighted by Gasteiger charge is -2.22. The van der Waals surface area contributed by atoms with Gasteiger partial charge in [-0.15, -0.1) is 0 Å². The molecule has 4 nitrogen and oxygen atoms in total. The van der Waals surface area contributed by atoms with Gasteiger partial charge in [0.1, 0.15) is 0 Å². The minimum absolute atomic E-state index is 0.0294. The molecule has 1 aliphatic heterocycles. The zero-order valence-electron chi connectivity index (χ0n) is 12.7. The van der Waals surface area contributed by atoms with E-state index in [1.165, 1.54) is 0 Å². The van der Waals surface area contributed by atoms with Crippen LogP contribution < -0.4 is 0 Å². The number of carbonyl (C=O) groups excluding carboxylic acids is 1. The Hall–Kier alpha value is -1.20. The minimum atomic E-state index is -0.951. The fraction of sp³-hybridized carbons (Fsp3) is 0.562. The van der Waals surface area contributed by atoms with Crippen LogP contribution in [-0.2, 0) is 21.3 Å². The van der Waals surface area contributed by atoms with Crippen molar-refractivity contribution in [2.75, 3.05) is 26.5 Å². The molecule has 21 heavy (non-hydrogen) atoms. The van der Waals surface area contributed by atoms with Gasteiger partial charge in [0.15, 0.2) is 0 Å². The second-order valence-corrected chi connectivity index (χ2v) is 7.14. The third kappa shape index (κ3) is 4.93. The van der Waals surface area contributed by atoms with Crippen molar-refractivity contribution in [2.24, 2.45) is 0 Å². The van der Waals surface area contributed by atoms with Crippen molar-refractivity contribution in [1.82, 2.24) is 4.90 Å². The Labute approximate surface area is 128 Å². The molecule has 5 heteroatoms. The maximum atomic E-state index is 12.2. The molecule has 1 aliphatic rings. The van der Waals surface area contributed by atoms with Gasteiger partial charge >= 0.3 is 0 Å². The van der Waals surface area contributed by atoms with Crippen LogP contribution in [0.25, 0.3) is 0 Å². The maximum absolute atomic E-state index is 12.2. The van der Waals surface area contributed by atoms with E-state index in [2.05, 4.69) is 0 Å². The highest BCUT2D eigenvalue weighted by atomic mass is 32.2. The molecule has 1 amide bonds. The molecule has 0 unspecified atom stereocenters. The first-order valence-electron chi connectivity index (χ1n) is 7.33. The zero-order valence-corrected chi connectivity index (χ0v) is 13.5. The van der Waals surface area contributed by atoms with Crippen LogP contribution in [0.1, 0.15) is 35.2 Å². The average molecular weight is 309 g/mol. The molecule has 1 saturated heterocycles. The van der Waals surface area contributed by atoms with Gasteiger partial charge in [0.2, 0.25) is 0 Å². The SMILES string of the molecule is CN(C)C(=O)c1cccc(C[S@@](=O)C[C@@H]2CCCCO2)c1. The first kappa shape index (κ1) is 16.2. The Bertz CT molecular complexity index is 510. The molecule has 0 aromatic heterocycles. The largest absolute Gasteiger partial charge is 0.377 e. The van der Waals surface area contributed by atoms with E-state index >= 15 is 0 Å². The quantitative estimate of drug-likeness (QED) is 0.838. The number of hydrogen-bond donors (Lipinski definition) is 0. The van der Waals surface area contributed by atoms with Crippen molar-refractivity contribution in [3.8, 4) is 0 Å². The summed E-state index contributed by atoms with van der Waals surface area (Å²) in [5, 5.41) is 0. The highest BCUT2D eigenvalue weighted by Crippen LogP contribution is 2.15. The Morgan fingerprint density at radius 2 is 2.19 bits per heavy atom. The Balaban J connectivity index is 1.94. The molecular formula is C16H23NO3S. The van der Waals surface area contributed by atoms with E-state index in [0.717, 1.165) is 31.4 Å². The van der Waals surface area contributed by atoms with E-state index < -0.39 is 10.8 Å². The lowest BCUT2D eigenvalue weighted by Crippen LogP contribution is -2.25. The molecule has 0 aliphatic carbocycles. The molecule has 116 valence electrons. The van der Waals surface area contributed by atoms with Crippen molar-refractivity contribution < 1.29 is 13.7 Å². The van der Waals surface area contributed by atoms with E-state index in [0.29, 0.717) is 17.1 Å². The molecular weight excluding hydrogens is 286 g/mol. The zero-order chi connectivity index (χ0) is 15.2. The summed E-state index contributed by atoms with van der Waals surface area (Å²) in [6.45, 7) is 0.786. The van der Waals surface area contributed by atoms with E-state index in [1.807, 2.05) is 18.2 Å². The summed E-state index contributed by atoms with van der Waals surface area (Å²) in [4.78, 5) is 13.5. The Morgan fingerprint density at radius 3 is 2.86 bits per heavy atom. The van der Waals surface area contributed by atoms with Crippen molar-refractivity contribution in [3.05, 3.63) is 35.4 Å². The topological polar surface area (TPSA) is 46.6 Å². The van der Waals surface area contributed by atoms with Gasteiger partial charge in [-0.25, -0.2) is 0 Å². The molecule has 0 bridgehead atoms. The van der Waals surface area contributed by atoms with Gasteiger partial charge in [-0.3, -0.25) is 9.00 Å². The standard InChI is InChI=1S/C16H23NO3S/c1-17(2)16(18)14-7-5-6-13(10-14)11-21(19)12-15-8-3-4-9-20-15/h5-7,10,15H,3-4,8-9,11-12H2,1-2H3/t15-,21+/m0/s1. The highest BCUT2D eigenvalue weighted by molar-refractivity contribution is 7.84. The maximum Gasteiger partial charge on any atom is 0.253 e. The third-order valence-electron chi connectivity index (χ3n) is 3.55. The van der Waals surface area contributed by atoms with Crippen LogP contribution in [0.15, 0.2) is 24.3 Å². The van der Waals surface area contributed by atoms with Crippen LogP contribution in [0.3, 0.4) is 0 Å². The summed E-state index contributed by atoms with van der Waals surface area (Å²) < 4.78 is 17.9. The van der Waals surface area contributed by atoms with Gasteiger partial charge in [0.25, 0.3) is 5.91 Å². The molecule has 1 fully saturated rings. The molecule has 0 spiro atoms. The smallest absolute Gasteiger partial charge is 0.253 e. The molecule has 2 rings (SSSR count). The molecule has 1 heterocycles. The lowest BCUT2D eigenvalue weighted by atomic mass is 10.1. The van der Waals surface area contributed by atoms with Crippen LogP contribution in [-0.4, -0.2) is 47.6 Å². The molecule has 1 aromatic rings. The van der Waals surface area contributed by atoms with Crippen LogP contribution in [0.2, 0.25) is 0 Å². The summed E-state index contributed by atoms with van der Waals surface area (Å²) in [7, 11) is 2.51. The van der Waals surface area contributed by atoms with Crippen molar-refractivity contribution in [2.45, 2.75) is 31.1 Å². The monoisotopic (exact) mass is 309 g/mol. The predicted octanol–water partition coefficient (Wildman–Crippen LogP) is 2.21. The van der Waals surface area contributed by atoms with Gasteiger partial charge < -0.3 is 9.64 Å². The Kier molecular flexibility index (Phi) is 5.94. The number of benzene rings is 1. The number of rotatable bonds is 5. The van der Waals surface area contributed by atoms with Gasteiger partial charge in [0.05, 0.1) is 11.9 Å². The molecule has 0 radical (unpaired) electrons. The van der Waals surface area contributed by atoms with Crippen LogP contribution >= 0.6 is 0 Å². The fourth-order valence-electron chi connectivity index (χ4n) is 2.44. The van der Waals surface area contributed by atoms with Crippen molar-refractivity contribution in [3.63, 3.8) is 0 Å². The highest BCUT2D eigenvalue weighted by Gasteiger charge is 2.17. The molecule has 2 atom stereocenters. The normalized spacial score (nSPS) is 20.0. The number of hydrogen-bond acceptors (Lipinski definition) is 3. The third-order valence-corrected chi connectivity index (χ3v) is 4.95. The number of amides is 1. The summed E-state index contributed by atoms with van der Waals surface area (Å²) in [6, 6.07) is 7.40. The first-order valence-corrected chi connectivity index (χ1v) is 8.82. The number of nitrogens with zero attached hydrogens (tertiary/aromatic N) is 1. The van der Waals surface area contributed by atoms with E-state index in [1.54, 1.807) is 25.1 Å². The lowest BCUT2D eigenvalue weighted by molar-refractivity contribution is 0.0310. The summed E-state index contributed by atoms with van der Waals surface area (Å²) in [5.74, 6) is 1.04. The summed E-state index contributed by atoms with van der Waals surface area (Å²) in [6.07, 6.45) is 3.41. The first-order chi connectivity index (χ1) is 10.1. The van der Waals surface area contributed by atoms with E-state index in [9.17, 15) is 9.00 Å². The van der Waals surface area contributed by atoms with Crippen LogP contribution in [0.5, 0.6) is 0 Å². The van der Waals surface area contributed by atoms with Gasteiger partial charge in [0, 0.05) is 42.8 Å². The molecule has 0 N–H and O–H groups in total. The second-order valence-electron chi connectivity index (χ2n) is 5.64. The summed E-state index contributed by atoms with van der Waals surface area (Å²) in [5.41, 5.74) is 1.58. The van der Waals surface area contributed by atoms with Crippen LogP contribution in [0.4, 0.5) is 0 Å². The van der Waals surface area contributed by atoms with Crippen molar-refractivity contribution >= 4 is 16.7 Å². The van der Waals surface area contributed by atoms with Gasteiger partial charge in [-0.05, 0) is 37.0 Å². The van der Waals surface area contributed by atoms with E-state index in [4.69, 9.17) is 4.74 Å². The van der Waals surface area contributed by atoms with E-state index in [-0.39, 0.29) is 12.0 Å².